The summed E-state index contributed by atoms with van der Waals surface area (Å²) < 4.78 is 18.9. The van der Waals surface area contributed by atoms with Crippen molar-refractivity contribution < 1.29 is 9.13 Å². The van der Waals surface area contributed by atoms with Crippen molar-refractivity contribution in [3.05, 3.63) is 29.6 Å². The predicted molar refractivity (Wildman–Crippen MR) is 52.5 cm³/mol. The van der Waals surface area contributed by atoms with Gasteiger partial charge in [-0.2, -0.15) is 0 Å². The maximum absolute atomic E-state index is 13.5. The molecule has 1 aromatic rings. The SMILES string of the molecule is NCc1cccc(OCC2CC2)c1F. The first kappa shape index (κ1) is 9.46. The lowest BCUT2D eigenvalue weighted by Gasteiger charge is -2.08. The van der Waals surface area contributed by atoms with Crippen LogP contribution in [0.4, 0.5) is 4.39 Å². The molecule has 0 spiro atoms. The molecule has 0 unspecified atom stereocenters. The predicted octanol–water partition coefficient (Wildman–Crippen LogP) is 2.07. The summed E-state index contributed by atoms with van der Waals surface area (Å²) in [6.45, 7) is 0.845. The van der Waals surface area contributed by atoms with Crippen LogP contribution in [0.2, 0.25) is 0 Å². The van der Waals surface area contributed by atoms with Crippen molar-refractivity contribution in [2.45, 2.75) is 19.4 Å². The Labute approximate surface area is 82.9 Å². The van der Waals surface area contributed by atoms with E-state index < -0.39 is 0 Å². The van der Waals surface area contributed by atoms with Crippen molar-refractivity contribution in [2.75, 3.05) is 6.61 Å². The summed E-state index contributed by atoms with van der Waals surface area (Å²) in [5.41, 5.74) is 5.90. The highest BCUT2D eigenvalue weighted by molar-refractivity contribution is 5.30. The van der Waals surface area contributed by atoms with Crippen LogP contribution in [0.25, 0.3) is 0 Å². The molecule has 1 fully saturated rings. The Morgan fingerprint density at radius 1 is 1.43 bits per heavy atom. The molecule has 1 saturated carbocycles. The van der Waals surface area contributed by atoms with Gasteiger partial charge in [-0.05, 0) is 24.8 Å². The molecule has 0 aliphatic heterocycles. The Balaban J connectivity index is 2.06. The quantitative estimate of drug-likeness (QED) is 0.798. The van der Waals surface area contributed by atoms with Gasteiger partial charge < -0.3 is 10.5 Å². The van der Waals surface area contributed by atoms with E-state index >= 15 is 0 Å². The van der Waals surface area contributed by atoms with Gasteiger partial charge in [0.15, 0.2) is 11.6 Å². The van der Waals surface area contributed by atoms with Gasteiger partial charge in [0.1, 0.15) is 0 Å². The molecular formula is C11H14FNO. The molecule has 3 heteroatoms. The van der Waals surface area contributed by atoms with Crippen LogP contribution >= 0.6 is 0 Å². The van der Waals surface area contributed by atoms with Gasteiger partial charge in [-0.15, -0.1) is 0 Å². The second kappa shape index (κ2) is 3.96. The molecule has 0 aromatic heterocycles. The number of ether oxygens (including phenoxy) is 1. The fourth-order valence-corrected chi connectivity index (χ4v) is 1.32. The highest BCUT2D eigenvalue weighted by Crippen LogP contribution is 2.30. The third-order valence-corrected chi connectivity index (χ3v) is 2.43. The fraction of sp³-hybridized carbons (Fsp3) is 0.455. The van der Waals surface area contributed by atoms with Gasteiger partial charge in [0.25, 0.3) is 0 Å². The fourth-order valence-electron chi connectivity index (χ4n) is 1.32. The van der Waals surface area contributed by atoms with Crippen LogP contribution in [-0.2, 0) is 6.54 Å². The maximum Gasteiger partial charge on any atom is 0.169 e. The summed E-state index contributed by atoms with van der Waals surface area (Å²) >= 11 is 0. The van der Waals surface area contributed by atoms with E-state index in [0.717, 1.165) is 0 Å². The summed E-state index contributed by atoms with van der Waals surface area (Å²) in [6, 6.07) is 5.10. The lowest BCUT2D eigenvalue weighted by molar-refractivity contribution is 0.284. The third kappa shape index (κ3) is 2.04. The largest absolute Gasteiger partial charge is 0.490 e. The number of rotatable bonds is 4. The standard InChI is InChI=1S/C11H14FNO/c12-11-9(6-13)2-1-3-10(11)14-7-8-4-5-8/h1-3,8H,4-7,13H2. The average Bonchev–Trinajstić information content (AvgIpc) is 3.00. The Kier molecular flexibility index (Phi) is 2.68. The van der Waals surface area contributed by atoms with Gasteiger partial charge in [0.2, 0.25) is 0 Å². The van der Waals surface area contributed by atoms with Crippen LogP contribution in [0.5, 0.6) is 5.75 Å². The third-order valence-electron chi connectivity index (χ3n) is 2.43. The minimum Gasteiger partial charge on any atom is -0.490 e. The van der Waals surface area contributed by atoms with Crippen molar-refractivity contribution in [1.29, 1.82) is 0 Å². The Morgan fingerprint density at radius 3 is 2.86 bits per heavy atom. The van der Waals surface area contributed by atoms with E-state index in [1.807, 2.05) is 0 Å². The average molecular weight is 195 g/mol. The minimum atomic E-state index is -0.310. The monoisotopic (exact) mass is 195 g/mol. The molecule has 0 amide bonds. The smallest absolute Gasteiger partial charge is 0.169 e. The van der Waals surface area contributed by atoms with Gasteiger partial charge in [-0.3, -0.25) is 0 Å². The molecule has 0 saturated heterocycles. The highest BCUT2D eigenvalue weighted by Gasteiger charge is 2.22. The van der Waals surface area contributed by atoms with E-state index in [1.54, 1.807) is 18.2 Å². The van der Waals surface area contributed by atoms with E-state index in [2.05, 4.69) is 0 Å². The zero-order chi connectivity index (χ0) is 9.97. The summed E-state index contributed by atoms with van der Waals surface area (Å²) in [5.74, 6) is 0.659. The minimum absolute atomic E-state index is 0.215. The van der Waals surface area contributed by atoms with Crippen molar-refractivity contribution >= 4 is 0 Å². The van der Waals surface area contributed by atoms with Crippen LogP contribution in [-0.4, -0.2) is 6.61 Å². The van der Waals surface area contributed by atoms with E-state index in [-0.39, 0.29) is 12.4 Å². The molecule has 0 heterocycles. The van der Waals surface area contributed by atoms with Crippen LogP contribution in [0.1, 0.15) is 18.4 Å². The zero-order valence-electron chi connectivity index (χ0n) is 8.00. The van der Waals surface area contributed by atoms with Crippen molar-refractivity contribution in [1.82, 2.24) is 0 Å². The molecule has 2 rings (SSSR count). The summed E-state index contributed by atoms with van der Waals surface area (Å²) in [5, 5.41) is 0. The van der Waals surface area contributed by atoms with Gasteiger partial charge >= 0.3 is 0 Å². The molecule has 0 radical (unpaired) electrons. The Bertz CT molecular complexity index is 323. The highest BCUT2D eigenvalue weighted by atomic mass is 19.1. The number of halogens is 1. The molecule has 14 heavy (non-hydrogen) atoms. The lowest BCUT2D eigenvalue weighted by Crippen LogP contribution is -2.05. The lowest BCUT2D eigenvalue weighted by atomic mass is 10.2. The van der Waals surface area contributed by atoms with Crippen molar-refractivity contribution in [3.63, 3.8) is 0 Å². The molecule has 1 aliphatic carbocycles. The molecule has 0 atom stereocenters. The van der Waals surface area contributed by atoms with E-state index in [0.29, 0.717) is 23.8 Å². The first-order valence-corrected chi connectivity index (χ1v) is 4.91. The van der Waals surface area contributed by atoms with E-state index in [4.69, 9.17) is 10.5 Å². The second-order valence-electron chi connectivity index (χ2n) is 3.69. The first-order valence-electron chi connectivity index (χ1n) is 4.91. The Hall–Kier alpha value is -1.09. The van der Waals surface area contributed by atoms with Gasteiger partial charge in [-0.1, -0.05) is 12.1 Å². The zero-order valence-corrected chi connectivity index (χ0v) is 8.00. The number of hydrogen-bond acceptors (Lipinski definition) is 2. The molecule has 1 aliphatic rings. The van der Waals surface area contributed by atoms with Gasteiger partial charge in [0, 0.05) is 12.1 Å². The van der Waals surface area contributed by atoms with Gasteiger partial charge in [-0.25, -0.2) is 4.39 Å². The summed E-state index contributed by atoms with van der Waals surface area (Å²) in [6.07, 6.45) is 2.41. The molecule has 0 bridgehead atoms. The van der Waals surface area contributed by atoms with E-state index in [9.17, 15) is 4.39 Å². The summed E-state index contributed by atoms with van der Waals surface area (Å²) in [4.78, 5) is 0. The normalized spacial score (nSPS) is 15.6. The van der Waals surface area contributed by atoms with Crippen LogP contribution in [0.15, 0.2) is 18.2 Å². The number of benzene rings is 1. The number of hydrogen-bond donors (Lipinski definition) is 1. The van der Waals surface area contributed by atoms with Crippen molar-refractivity contribution in [3.8, 4) is 5.75 Å². The first-order chi connectivity index (χ1) is 6.81. The van der Waals surface area contributed by atoms with Gasteiger partial charge in [0.05, 0.1) is 6.61 Å². The maximum atomic E-state index is 13.5. The summed E-state index contributed by atoms with van der Waals surface area (Å²) in [7, 11) is 0. The van der Waals surface area contributed by atoms with Crippen molar-refractivity contribution in [2.24, 2.45) is 11.7 Å². The molecular weight excluding hydrogens is 181 g/mol. The molecule has 76 valence electrons. The molecule has 2 N–H and O–H groups in total. The van der Waals surface area contributed by atoms with Crippen LogP contribution < -0.4 is 10.5 Å². The second-order valence-corrected chi connectivity index (χ2v) is 3.69. The number of nitrogens with two attached hydrogens (primary N) is 1. The Morgan fingerprint density at radius 2 is 2.21 bits per heavy atom. The van der Waals surface area contributed by atoms with Crippen LogP contribution in [0.3, 0.4) is 0 Å². The molecule has 2 nitrogen and oxygen atoms in total. The van der Waals surface area contributed by atoms with Crippen LogP contribution in [0, 0.1) is 11.7 Å². The van der Waals surface area contributed by atoms with E-state index in [1.165, 1.54) is 12.8 Å². The topological polar surface area (TPSA) is 35.2 Å². The molecule has 1 aromatic carbocycles.